The molecule has 0 spiro atoms. The summed E-state index contributed by atoms with van der Waals surface area (Å²) in [6.45, 7) is 3.80. The molecule has 5 rings (SSSR count). The third-order valence-electron chi connectivity index (χ3n) is 6.16. The van der Waals surface area contributed by atoms with Crippen LogP contribution in [-0.4, -0.2) is 45.2 Å². The fourth-order valence-electron chi connectivity index (χ4n) is 4.38. The van der Waals surface area contributed by atoms with Crippen LogP contribution in [0.4, 0.5) is 0 Å². The number of halogens is 1. The van der Waals surface area contributed by atoms with Crippen molar-refractivity contribution in [2.45, 2.75) is 30.9 Å². The van der Waals surface area contributed by atoms with Gasteiger partial charge >= 0.3 is 0 Å². The molecular weight excluding hydrogens is 474 g/mol. The van der Waals surface area contributed by atoms with Crippen molar-refractivity contribution in [3.05, 3.63) is 76.8 Å². The Morgan fingerprint density at radius 1 is 1.06 bits per heavy atom. The van der Waals surface area contributed by atoms with E-state index in [0.29, 0.717) is 24.7 Å². The standard InChI is InChI=1S/C26H26ClNO5S/c1-18-6-2-3-7-22(18)19-14-20-16-28(34(29,30)25-9-5-4-8-23(25)27)11-13-32-26(20)24(15-19)33-21-10-12-31-17-21/h2-9,14-15,21H,10-13,16-17H2,1H3. The van der Waals surface area contributed by atoms with E-state index in [0.717, 1.165) is 28.7 Å². The van der Waals surface area contributed by atoms with Gasteiger partial charge in [-0.25, -0.2) is 8.42 Å². The third-order valence-corrected chi connectivity index (χ3v) is 8.50. The van der Waals surface area contributed by atoms with E-state index < -0.39 is 10.0 Å². The second-order valence-electron chi connectivity index (χ2n) is 8.50. The minimum atomic E-state index is -3.82. The minimum Gasteiger partial charge on any atom is -0.488 e. The quantitative estimate of drug-likeness (QED) is 0.490. The Labute approximate surface area is 205 Å². The average molecular weight is 500 g/mol. The van der Waals surface area contributed by atoms with Crippen LogP contribution in [0.5, 0.6) is 11.5 Å². The topological polar surface area (TPSA) is 65.1 Å². The van der Waals surface area contributed by atoms with Crippen LogP contribution in [0.15, 0.2) is 65.6 Å². The summed E-state index contributed by atoms with van der Waals surface area (Å²) in [4.78, 5) is 0.0924. The van der Waals surface area contributed by atoms with Gasteiger partial charge in [0.15, 0.2) is 11.5 Å². The van der Waals surface area contributed by atoms with Gasteiger partial charge in [0.25, 0.3) is 0 Å². The van der Waals surface area contributed by atoms with Crippen molar-refractivity contribution in [1.29, 1.82) is 0 Å². The first-order valence-electron chi connectivity index (χ1n) is 11.3. The van der Waals surface area contributed by atoms with Gasteiger partial charge in [0.1, 0.15) is 17.6 Å². The highest BCUT2D eigenvalue weighted by molar-refractivity contribution is 7.89. The zero-order chi connectivity index (χ0) is 23.7. The molecule has 0 amide bonds. The molecule has 0 aromatic heterocycles. The number of sulfonamides is 1. The Kier molecular flexibility index (Phi) is 6.53. The molecule has 0 saturated carbocycles. The number of aryl methyl sites for hydroxylation is 1. The Balaban J connectivity index is 1.58. The van der Waals surface area contributed by atoms with Gasteiger partial charge in [-0.3, -0.25) is 0 Å². The normalized spacial score (nSPS) is 18.7. The van der Waals surface area contributed by atoms with E-state index in [2.05, 4.69) is 19.1 Å². The number of ether oxygens (including phenoxy) is 3. The largest absolute Gasteiger partial charge is 0.488 e. The van der Waals surface area contributed by atoms with Crippen LogP contribution in [0.25, 0.3) is 11.1 Å². The number of rotatable bonds is 5. The fraction of sp³-hybridized carbons (Fsp3) is 0.308. The van der Waals surface area contributed by atoms with Crippen LogP contribution in [0.3, 0.4) is 0 Å². The van der Waals surface area contributed by atoms with Gasteiger partial charge in [0.2, 0.25) is 10.0 Å². The van der Waals surface area contributed by atoms with E-state index in [-0.39, 0.29) is 35.7 Å². The summed E-state index contributed by atoms with van der Waals surface area (Å²) in [6.07, 6.45) is 0.738. The van der Waals surface area contributed by atoms with Gasteiger partial charge in [-0.05, 0) is 47.9 Å². The average Bonchev–Trinajstić information content (AvgIpc) is 3.23. The predicted octanol–water partition coefficient (Wildman–Crippen LogP) is 5.07. The molecule has 1 unspecified atom stereocenters. The summed E-state index contributed by atoms with van der Waals surface area (Å²) in [5.74, 6) is 1.20. The number of benzene rings is 3. The van der Waals surface area contributed by atoms with Gasteiger partial charge in [-0.1, -0.05) is 48.0 Å². The highest BCUT2D eigenvalue weighted by Crippen LogP contribution is 2.41. The second kappa shape index (κ2) is 9.58. The third kappa shape index (κ3) is 4.53. The van der Waals surface area contributed by atoms with Crippen LogP contribution < -0.4 is 9.47 Å². The molecule has 3 aromatic rings. The van der Waals surface area contributed by atoms with Crippen molar-refractivity contribution in [2.75, 3.05) is 26.4 Å². The molecule has 1 fully saturated rings. The van der Waals surface area contributed by atoms with Crippen LogP contribution in [0, 0.1) is 6.92 Å². The van der Waals surface area contributed by atoms with Crippen LogP contribution in [0.2, 0.25) is 5.02 Å². The maximum absolute atomic E-state index is 13.5. The van der Waals surface area contributed by atoms with Gasteiger partial charge in [0.05, 0.1) is 18.2 Å². The summed E-state index contributed by atoms with van der Waals surface area (Å²) in [7, 11) is -3.82. The van der Waals surface area contributed by atoms with Gasteiger partial charge in [-0.2, -0.15) is 4.31 Å². The molecule has 2 aliphatic heterocycles. The maximum Gasteiger partial charge on any atom is 0.244 e. The van der Waals surface area contributed by atoms with Gasteiger partial charge in [0, 0.05) is 25.1 Å². The van der Waals surface area contributed by atoms with Crippen molar-refractivity contribution >= 4 is 21.6 Å². The number of hydrogen-bond donors (Lipinski definition) is 0. The molecule has 1 saturated heterocycles. The van der Waals surface area contributed by atoms with Crippen molar-refractivity contribution < 1.29 is 22.6 Å². The monoisotopic (exact) mass is 499 g/mol. The Morgan fingerprint density at radius 3 is 2.62 bits per heavy atom. The van der Waals surface area contributed by atoms with Gasteiger partial charge in [-0.15, -0.1) is 0 Å². The second-order valence-corrected chi connectivity index (χ2v) is 10.8. The lowest BCUT2D eigenvalue weighted by Gasteiger charge is -2.21. The first-order chi connectivity index (χ1) is 16.4. The van der Waals surface area contributed by atoms with Crippen LogP contribution in [0.1, 0.15) is 17.5 Å². The first kappa shape index (κ1) is 23.2. The van der Waals surface area contributed by atoms with E-state index >= 15 is 0 Å². The fourth-order valence-corrected chi connectivity index (χ4v) is 6.28. The molecule has 1 atom stereocenters. The number of hydrogen-bond acceptors (Lipinski definition) is 5. The smallest absolute Gasteiger partial charge is 0.244 e. The van der Waals surface area contributed by atoms with E-state index in [1.165, 1.54) is 10.4 Å². The lowest BCUT2D eigenvalue weighted by molar-refractivity contribution is 0.137. The Hall–Kier alpha value is -2.58. The van der Waals surface area contributed by atoms with E-state index in [9.17, 15) is 8.42 Å². The molecule has 0 N–H and O–H groups in total. The summed E-state index contributed by atoms with van der Waals surface area (Å²) in [6, 6.07) is 18.6. The SMILES string of the molecule is Cc1ccccc1-c1cc2c(c(OC3CCOC3)c1)OCCN(S(=O)(=O)c1ccccc1Cl)C2. The molecule has 8 heteroatoms. The van der Waals surface area contributed by atoms with Crippen LogP contribution >= 0.6 is 11.6 Å². The highest BCUT2D eigenvalue weighted by Gasteiger charge is 2.31. The molecule has 178 valence electrons. The molecule has 0 bridgehead atoms. The highest BCUT2D eigenvalue weighted by atomic mass is 35.5. The maximum atomic E-state index is 13.5. The van der Waals surface area contributed by atoms with E-state index in [4.69, 9.17) is 25.8 Å². The van der Waals surface area contributed by atoms with Crippen molar-refractivity contribution in [3.63, 3.8) is 0 Å². The molecule has 0 radical (unpaired) electrons. The molecule has 3 aromatic carbocycles. The molecule has 34 heavy (non-hydrogen) atoms. The lowest BCUT2D eigenvalue weighted by atomic mass is 9.98. The molecule has 0 aliphatic carbocycles. The minimum absolute atomic E-state index is 0.0639. The predicted molar refractivity (Wildman–Crippen MR) is 131 cm³/mol. The summed E-state index contributed by atoms with van der Waals surface area (Å²) >= 11 is 6.24. The zero-order valence-electron chi connectivity index (χ0n) is 18.9. The number of nitrogens with zero attached hydrogens (tertiary/aromatic N) is 1. The number of fused-ring (bicyclic) bond motifs is 1. The van der Waals surface area contributed by atoms with Crippen LogP contribution in [-0.2, 0) is 21.3 Å². The van der Waals surface area contributed by atoms with Gasteiger partial charge < -0.3 is 14.2 Å². The summed E-state index contributed by atoms with van der Waals surface area (Å²) < 4.78 is 46.3. The molecular formula is C26H26ClNO5S. The van der Waals surface area contributed by atoms with Crippen molar-refractivity contribution in [2.24, 2.45) is 0 Å². The van der Waals surface area contributed by atoms with E-state index in [1.807, 2.05) is 24.3 Å². The molecule has 6 nitrogen and oxygen atoms in total. The lowest BCUT2D eigenvalue weighted by Crippen LogP contribution is -2.32. The molecule has 2 aliphatic rings. The first-order valence-corrected chi connectivity index (χ1v) is 13.1. The van der Waals surface area contributed by atoms with E-state index in [1.54, 1.807) is 18.2 Å². The molecule has 2 heterocycles. The Morgan fingerprint density at radius 2 is 1.85 bits per heavy atom. The zero-order valence-corrected chi connectivity index (χ0v) is 20.4. The van der Waals surface area contributed by atoms with Crippen molar-refractivity contribution in [1.82, 2.24) is 4.31 Å². The Bertz CT molecular complexity index is 1300. The van der Waals surface area contributed by atoms with Crippen molar-refractivity contribution in [3.8, 4) is 22.6 Å². The summed E-state index contributed by atoms with van der Waals surface area (Å²) in [5, 5.41) is 0.201. The summed E-state index contributed by atoms with van der Waals surface area (Å²) in [5.41, 5.74) is 3.88.